The second kappa shape index (κ2) is 7.15. The third kappa shape index (κ3) is 3.20. The molecule has 1 aliphatic rings. The van der Waals surface area contributed by atoms with Crippen LogP contribution in [0.25, 0.3) is 0 Å². The van der Waals surface area contributed by atoms with E-state index in [0.29, 0.717) is 5.82 Å². The number of fused-ring (bicyclic) bond motifs is 1. The van der Waals surface area contributed by atoms with E-state index in [9.17, 15) is 4.79 Å². The number of carbonyl (C=O) groups is 1. The van der Waals surface area contributed by atoms with Crippen LogP contribution < -0.4 is 11.1 Å². The fourth-order valence-electron chi connectivity index (χ4n) is 3.29. The molecule has 6 nitrogen and oxygen atoms in total. The number of hydrogen-bond donors (Lipinski definition) is 2. The van der Waals surface area contributed by atoms with Gasteiger partial charge in [-0.3, -0.25) is 4.79 Å². The highest BCUT2D eigenvalue weighted by Gasteiger charge is 2.26. The second-order valence-electron chi connectivity index (χ2n) is 6.28. The van der Waals surface area contributed by atoms with Crippen molar-refractivity contribution in [2.24, 2.45) is 5.73 Å². The summed E-state index contributed by atoms with van der Waals surface area (Å²) in [6.07, 6.45) is 4.99. The molecule has 3 N–H and O–H groups in total. The van der Waals surface area contributed by atoms with E-state index in [-0.39, 0.29) is 18.6 Å². The number of nitrogens with zero attached hydrogens (tertiary/aromatic N) is 2. The largest absolute Gasteiger partial charge is 0.383 e. The van der Waals surface area contributed by atoms with Crippen LogP contribution in [0.3, 0.4) is 0 Å². The van der Waals surface area contributed by atoms with E-state index < -0.39 is 6.04 Å². The van der Waals surface area contributed by atoms with Crippen molar-refractivity contribution in [2.75, 3.05) is 19.0 Å². The molecule has 0 radical (unpaired) electrons. The molecule has 1 aromatic heterocycles. The summed E-state index contributed by atoms with van der Waals surface area (Å²) < 4.78 is 6.88. The van der Waals surface area contributed by atoms with Gasteiger partial charge in [0.2, 0.25) is 5.91 Å². The average Bonchev–Trinajstić information content (AvgIpc) is 2.95. The third-order valence-corrected chi connectivity index (χ3v) is 4.54. The maximum Gasteiger partial charge on any atom is 0.244 e. The quantitative estimate of drug-likeness (QED) is 0.880. The number of rotatable bonds is 5. The molecule has 3 rings (SSSR count). The highest BCUT2D eigenvalue weighted by molar-refractivity contribution is 5.94. The van der Waals surface area contributed by atoms with E-state index in [1.807, 2.05) is 11.6 Å². The zero-order valence-corrected chi connectivity index (χ0v) is 14.2. The number of aryl methyl sites for hydroxylation is 2. The van der Waals surface area contributed by atoms with Crippen LogP contribution >= 0.6 is 0 Å². The van der Waals surface area contributed by atoms with Crippen LogP contribution in [0, 0.1) is 6.92 Å². The summed E-state index contributed by atoms with van der Waals surface area (Å²) in [4.78, 5) is 12.3. The Morgan fingerprint density at radius 3 is 3.08 bits per heavy atom. The van der Waals surface area contributed by atoms with Gasteiger partial charge >= 0.3 is 0 Å². The molecule has 0 saturated heterocycles. The predicted molar refractivity (Wildman–Crippen MR) is 93.0 cm³/mol. The lowest BCUT2D eigenvalue weighted by molar-refractivity contribution is -0.118. The fourth-order valence-corrected chi connectivity index (χ4v) is 3.29. The van der Waals surface area contributed by atoms with Crippen LogP contribution in [0.4, 0.5) is 5.82 Å². The van der Waals surface area contributed by atoms with Crippen LogP contribution in [-0.2, 0) is 16.0 Å². The van der Waals surface area contributed by atoms with Gasteiger partial charge in [0.25, 0.3) is 0 Å². The molecule has 0 saturated carbocycles. The Kier molecular flexibility index (Phi) is 4.97. The zero-order valence-electron chi connectivity index (χ0n) is 14.2. The van der Waals surface area contributed by atoms with Crippen molar-refractivity contribution in [1.82, 2.24) is 9.78 Å². The van der Waals surface area contributed by atoms with Crippen molar-refractivity contribution < 1.29 is 9.53 Å². The van der Waals surface area contributed by atoms with Gasteiger partial charge in [0.15, 0.2) is 0 Å². The second-order valence-corrected chi connectivity index (χ2v) is 6.28. The van der Waals surface area contributed by atoms with Crippen LogP contribution in [0.2, 0.25) is 0 Å². The number of hydrogen-bond acceptors (Lipinski definition) is 4. The van der Waals surface area contributed by atoms with E-state index in [1.165, 1.54) is 18.2 Å². The number of aromatic nitrogens is 2. The van der Waals surface area contributed by atoms with Crippen molar-refractivity contribution in [3.05, 3.63) is 47.2 Å². The van der Waals surface area contributed by atoms with Gasteiger partial charge in [-0.2, -0.15) is 5.10 Å². The zero-order chi connectivity index (χ0) is 17.1. The normalized spacial score (nSPS) is 18.0. The summed E-state index contributed by atoms with van der Waals surface area (Å²) in [5, 5.41) is 7.45. The van der Waals surface area contributed by atoms with Gasteiger partial charge < -0.3 is 15.8 Å². The van der Waals surface area contributed by atoms with Crippen molar-refractivity contribution in [3.8, 4) is 0 Å². The lowest BCUT2D eigenvalue weighted by Crippen LogP contribution is -2.40. The summed E-state index contributed by atoms with van der Waals surface area (Å²) in [5.74, 6) is 0.457. The smallest absolute Gasteiger partial charge is 0.244 e. The predicted octanol–water partition coefficient (Wildman–Crippen LogP) is 2.03. The van der Waals surface area contributed by atoms with E-state index >= 15 is 0 Å². The molecule has 0 spiro atoms. The maximum absolute atomic E-state index is 12.3. The van der Waals surface area contributed by atoms with Crippen LogP contribution in [0.5, 0.6) is 0 Å². The molecule has 1 heterocycles. The van der Waals surface area contributed by atoms with Gasteiger partial charge in [0, 0.05) is 12.7 Å². The van der Waals surface area contributed by atoms with Crippen LogP contribution in [0.1, 0.15) is 35.6 Å². The molecule has 128 valence electrons. The molecule has 24 heavy (non-hydrogen) atoms. The number of anilines is 1. The molecule has 2 aromatic rings. The van der Waals surface area contributed by atoms with E-state index in [2.05, 4.69) is 34.7 Å². The van der Waals surface area contributed by atoms with Crippen LogP contribution in [-0.4, -0.2) is 35.4 Å². The SMILES string of the molecule is COCC(N)C(=O)Nc1c(C)cnn1C1CCCc2ccccc21. The van der Waals surface area contributed by atoms with Gasteiger partial charge in [-0.1, -0.05) is 24.3 Å². The molecule has 2 unspecified atom stereocenters. The van der Waals surface area contributed by atoms with Gasteiger partial charge in [0.05, 0.1) is 18.8 Å². The minimum Gasteiger partial charge on any atom is -0.383 e. The van der Waals surface area contributed by atoms with Gasteiger partial charge in [-0.05, 0) is 37.3 Å². The van der Waals surface area contributed by atoms with Crippen molar-refractivity contribution in [1.29, 1.82) is 0 Å². The van der Waals surface area contributed by atoms with Gasteiger partial charge in [-0.15, -0.1) is 0 Å². The standard InChI is InChI=1S/C18H24N4O2/c1-12-10-20-22(17(12)21-18(23)15(19)11-24-2)16-9-5-7-13-6-3-4-8-14(13)16/h3-4,6,8,10,15-16H,5,7,9,11,19H2,1-2H3,(H,21,23). The number of methoxy groups -OCH3 is 1. The molecule has 1 amide bonds. The number of carbonyl (C=O) groups excluding carboxylic acids is 1. The molecule has 1 aromatic carbocycles. The first kappa shape index (κ1) is 16.7. The minimum atomic E-state index is -0.698. The first-order valence-corrected chi connectivity index (χ1v) is 8.29. The summed E-state index contributed by atoms with van der Waals surface area (Å²) in [7, 11) is 1.53. The maximum atomic E-state index is 12.3. The Bertz CT molecular complexity index is 726. The Morgan fingerprint density at radius 1 is 1.50 bits per heavy atom. The first-order valence-electron chi connectivity index (χ1n) is 8.29. The number of nitrogens with one attached hydrogen (secondary N) is 1. The Morgan fingerprint density at radius 2 is 2.29 bits per heavy atom. The van der Waals surface area contributed by atoms with Crippen molar-refractivity contribution in [2.45, 2.75) is 38.3 Å². The lowest BCUT2D eigenvalue weighted by Gasteiger charge is -2.27. The Labute approximate surface area is 142 Å². The number of nitrogens with two attached hydrogens (primary N) is 1. The van der Waals surface area contributed by atoms with Gasteiger partial charge in [-0.25, -0.2) is 4.68 Å². The lowest BCUT2D eigenvalue weighted by atomic mass is 9.88. The number of ether oxygens (including phenoxy) is 1. The monoisotopic (exact) mass is 328 g/mol. The first-order chi connectivity index (χ1) is 11.6. The topological polar surface area (TPSA) is 82.2 Å². The highest BCUT2D eigenvalue weighted by atomic mass is 16.5. The molecular formula is C18H24N4O2. The molecular weight excluding hydrogens is 304 g/mol. The number of benzene rings is 1. The van der Waals surface area contributed by atoms with Gasteiger partial charge in [0.1, 0.15) is 11.9 Å². The Balaban J connectivity index is 1.90. The summed E-state index contributed by atoms with van der Waals surface area (Å²) >= 11 is 0. The van der Waals surface area contributed by atoms with E-state index in [0.717, 1.165) is 24.8 Å². The Hall–Kier alpha value is -2.18. The van der Waals surface area contributed by atoms with Crippen molar-refractivity contribution >= 4 is 11.7 Å². The summed E-state index contributed by atoms with van der Waals surface area (Å²) in [6, 6.07) is 7.89. The van der Waals surface area contributed by atoms with Crippen molar-refractivity contribution in [3.63, 3.8) is 0 Å². The molecule has 0 aliphatic heterocycles. The number of amides is 1. The molecule has 0 bridgehead atoms. The molecule has 2 atom stereocenters. The third-order valence-electron chi connectivity index (χ3n) is 4.54. The molecule has 0 fully saturated rings. The molecule has 1 aliphatic carbocycles. The molecule has 6 heteroatoms. The highest BCUT2D eigenvalue weighted by Crippen LogP contribution is 2.35. The minimum absolute atomic E-state index is 0.137. The van der Waals surface area contributed by atoms with Crippen LogP contribution in [0.15, 0.2) is 30.5 Å². The average molecular weight is 328 g/mol. The van der Waals surface area contributed by atoms with E-state index in [1.54, 1.807) is 6.20 Å². The summed E-state index contributed by atoms with van der Waals surface area (Å²) in [6.45, 7) is 2.13. The summed E-state index contributed by atoms with van der Waals surface area (Å²) in [5.41, 5.74) is 9.40. The fraction of sp³-hybridized carbons (Fsp3) is 0.444. The van der Waals surface area contributed by atoms with E-state index in [4.69, 9.17) is 10.5 Å².